The number of carbonyl (C=O) groups excluding carboxylic acids is 1. The molecule has 0 spiro atoms. The van der Waals surface area contributed by atoms with E-state index < -0.39 is 5.76 Å². The molecule has 3 N–H and O–H groups in total. The second kappa shape index (κ2) is 6.54. The monoisotopic (exact) mass is 325 g/mol. The Labute approximate surface area is 134 Å². The van der Waals surface area contributed by atoms with Crippen molar-refractivity contribution in [1.82, 2.24) is 4.57 Å². The second-order valence-electron chi connectivity index (χ2n) is 5.72. The van der Waals surface area contributed by atoms with Gasteiger partial charge in [-0.15, -0.1) is 12.4 Å². The van der Waals surface area contributed by atoms with Crippen LogP contribution < -0.4 is 16.8 Å². The van der Waals surface area contributed by atoms with Crippen molar-refractivity contribution in [2.24, 2.45) is 18.7 Å². The fraction of sp³-hybridized carbons (Fsp3) is 0.467. The van der Waals surface area contributed by atoms with Gasteiger partial charge in [-0.2, -0.15) is 0 Å². The van der Waals surface area contributed by atoms with Crippen molar-refractivity contribution in [3.63, 3.8) is 0 Å². The Morgan fingerprint density at radius 2 is 2.23 bits per heavy atom. The number of amides is 1. The van der Waals surface area contributed by atoms with Gasteiger partial charge in [0.2, 0.25) is 5.91 Å². The molecule has 0 saturated heterocycles. The molecule has 1 aliphatic carbocycles. The molecule has 1 aromatic carbocycles. The van der Waals surface area contributed by atoms with E-state index in [1.165, 1.54) is 4.57 Å². The maximum Gasteiger partial charge on any atom is 0.419 e. The highest BCUT2D eigenvalue weighted by Crippen LogP contribution is 2.27. The third-order valence-corrected chi connectivity index (χ3v) is 4.24. The van der Waals surface area contributed by atoms with E-state index in [4.69, 9.17) is 10.2 Å². The van der Waals surface area contributed by atoms with E-state index in [1.54, 1.807) is 25.2 Å². The van der Waals surface area contributed by atoms with Crippen molar-refractivity contribution in [2.45, 2.75) is 31.7 Å². The number of hydrogen-bond acceptors (Lipinski definition) is 4. The summed E-state index contributed by atoms with van der Waals surface area (Å²) in [7, 11) is 1.65. The van der Waals surface area contributed by atoms with Crippen LogP contribution in [0.4, 0.5) is 5.69 Å². The third-order valence-electron chi connectivity index (χ3n) is 4.24. The minimum atomic E-state index is -0.412. The summed E-state index contributed by atoms with van der Waals surface area (Å²) in [5.74, 6) is -0.191. The van der Waals surface area contributed by atoms with Crippen molar-refractivity contribution in [2.75, 3.05) is 5.32 Å². The van der Waals surface area contributed by atoms with Crippen molar-refractivity contribution in [1.29, 1.82) is 0 Å². The van der Waals surface area contributed by atoms with Crippen LogP contribution in [0.25, 0.3) is 11.1 Å². The summed E-state index contributed by atoms with van der Waals surface area (Å²) in [6, 6.07) is 5.33. The van der Waals surface area contributed by atoms with Gasteiger partial charge in [0.05, 0.1) is 5.52 Å². The number of nitrogens with one attached hydrogen (secondary N) is 1. The first kappa shape index (κ1) is 16.6. The van der Waals surface area contributed by atoms with E-state index in [9.17, 15) is 9.59 Å². The Morgan fingerprint density at radius 1 is 1.45 bits per heavy atom. The van der Waals surface area contributed by atoms with Gasteiger partial charge in [-0.3, -0.25) is 9.36 Å². The summed E-state index contributed by atoms with van der Waals surface area (Å²) >= 11 is 0. The number of fused-ring (bicyclic) bond motifs is 1. The number of carbonyl (C=O) groups is 1. The molecule has 1 fully saturated rings. The first-order chi connectivity index (χ1) is 10.0. The lowest BCUT2D eigenvalue weighted by molar-refractivity contribution is -0.117. The lowest BCUT2D eigenvalue weighted by Gasteiger charge is -2.14. The van der Waals surface area contributed by atoms with Gasteiger partial charge in [-0.25, -0.2) is 4.79 Å². The van der Waals surface area contributed by atoms with E-state index in [0.717, 1.165) is 19.3 Å². The maximum absolute atomic E-state index is 12.1. The molecular formula is C15H20ClN3O3. The van der Waals surface area contributed by atoms with Gasteiger partial charge in [0.15, 0.2) is 5.58 Å². The van der Waals surface area contributed by atoms with Crippen LogP contribution in [0, 0.1) is 5.92 Å². The number of hydrogen-bond donors (Lipinski definition) is 2. The van der Waals surface area contributed by atoms with Gasteiger partial charge in [0.1, 0.15) is 0 Å². The molecule has 6 nitrogen and oxygen atoms in total. The summed E-state index contributed by atoms with van der Waals surface area (Å²) in [5, 5.41) is 2.84. The zero-order valence-electron chi connectivity index (χ0n) is 12.4. The zero-order valence-corrected chi connectivity index (χ0v) is 13.2. The fourth-order valence-electron chi connectivity index (χ4n) is 2.98. The fourth-order valence-corrected chi connectivity index (χ4v) is 2.98. The largest absolute Gasteiger partial charge is 0.419 e. The number of aromatic nitrogens is 1. The Balaban J connectivity index is 0.00000176. The number of nitrogens with zero attached hydrogens (tertiary/aromatic N) is 1. The number of rotatable bonds is 3. The molecule has 0 aliphatic heterocycles. The minimum absolute atomic E-state index is 0. The Hall–Kier alpha value is -1.79. The zero-order chi connectivity index (χ0) is 15.0. The van der Waals surface area contributed by atoms with Crippen LogP contribution in [0.3, 0.4) is 0 Å². The summed E-state index contributed by atoms with van der Waals surface area (Å²) in [6.45, 7) is 0. The molecule has 3 rings (SSSR count). The molecule has 7 heteroatoms. The lowest BCUT2D eigenvalue weighted by Crippen LogP contribution is -2.28. The number of halogens is 1. The summed E-state index contributed by atoms with van der Waals surface area (Å²) < 4.78 is 6.54. The molecule has 1 saturated carbocycles. The van der Waals surface area contributed by atoms with Crippen LogP contribution in [-0.2, 0) is 11.8 Å². The quantitative estimate of drug-likeness (QED) is 0.903. The highest BCUT2D eigenvalue weighted by atomic mass is 35.5. The van der Waals surface area contributed by atoms with Crippen LogP contribution in [0.1, 0.15) is 25.7 Å². The maximum atomic E-state index is 12.1. The van der Waals surface area contributed by atoms with Gasteiger partial charge in [0.25, 0.3) is 0 Å². The van der Waals surface area contributed by atoms with Crippen LogP contribution in [0.5, 0.6) is 0 Å². The highest BCUT2D eigenvalue weighted by Gasteiger charge is 2.26. The Morgan fingerprint density at radius 3 is 2.91 bits per heavy atom. The van der Waals surface area contributed by atoms with Crippen molar-refractivity contribution >= 4 is 35.1 Å². The lowest BCUT2D eigenvalue weighted by atomic mass is 10.00. The van der Waals surface area contributed by atoms with E-state index in [-0.39, 0.29) is 30.3 Å². The molecule has 0 radical (unpaired) electrons. The molecule has 1 aromatic heterocycles. The van der Waals surface area contributed by atoms with Crippen molar-refractivity contribution in [3.05, 3.63) is 28.7 Å². The predicted molar refractivity (Wildman–Crippen MR) is 87.3 cm³/mol. The van der Waals surface area contributed by atoms with Crippen LogP contribution in [0.15, 0.2) is 27.4 Å². The van der Waals surface area contributed by atoms with Crippen molar-refractivity contribution in [3.8, 4) is 0 Å². The van der Waals surface area contributed by atoms with E-state index in [0.29, 0.717) is 23.2 Å². The third kappa shape index (κ3) is 3.18. The molecule has 1 amide bonds. The van der Waals surface area contributed by atoms with E-state index in [2.05, 4.69) is 5.32 Å². The molecule has 0 unspecified atom stereocenters. The Bertz CT molecular complexity index is 737. The van der Waals surface area contributed by atoms with Crippen LogP contribution >= 0.6 is 12.4 Å². The molecule has 120 valence electrons. The normalized spacial score (nSPS) is 20.8. The van der Waals surface area contributed by atoms with Gasteiger partial charge < -0.3 is 15.5 Å². The molecule has 22 heavy (non-hydrogen) atoms. The number of oxazole rings is 1. The summed E-state index contributed by atoms with van der Waals surface area (Å²) in [6.07, 6.45) is 3.55. The summed E-state index contributed by atoms with van der Waals surface area (Å²) in [5.41, 5.74) is 7.79. The molecule has 1 aliphatic rings. The topological polar surface area (TPSA) is 90.3 Å². The molecule has 2 aromatic rings. The van der Waals surface area contributed by atoms with Crippen LogP contribution in [-0.4, -0.2) is 16.5 Å². The Kier molecular flexibility index (Phi) is 4.93. The average Bonchev–Trinajstić information content (AvgIpc) is 2.95. The number of anilines is 1. The van der Waals surface area contributed by atoms with Crippen LogP contribution in [0.2, 0.25) is 0 Å². The first-order valence-electron chi connectivity index (χ1n) is 7.19. The smallest absolute Gasteiger partial charge is 0.408 e. The van der Waals surface area contributed by atoms with E-state index in [1.807, 2.05) is 0 Å². The minimum Gasteiger partial charge on any atom is -0.408 e. The van der Waals surface area contributed by atoms with Gasteiger partial charge in [0, 0.05) is 31.3 Å². The second-order valence-corrected chi connectivity index (χ2v) is 5.72. The number of nitrogens with two attached hydrogens (primary N) is 1. The standard InChI is InChI=1S/C15H19N3O3.ClH/c1-18-12-6-5-10(8-13(12)21-15(18)20)17-14(19)7-9-3-2-4-11(9)16;/h5-6,8-9,11H,2-4,7,16H2,1H3,(H,17,19);1H/t9-,11+;/m0./s1. The molecule has 0 bridgehead atoms. The summed E-state index contributed by atoms with van der Waals surface area (Å²) in [4.78, 5) is 23.5. The number of benzene rings is 1. The molecular weight excluding hydrogens is 306 g/mol. The average molecular weight is 326 g/mol. The number of aryl methyl sites for hydroxylation is 1. The van der Waals surface area contributed by atoms with E-state index >= 15 is 0 Å². The first-order valence-corrected chi connectivity index (χ1v) is 7.19. The molecule has 1 heterocycles. The van der Waals surface area contributed by atoms with Gasteiger partial charge >= 0.3 is 5.76 Å². The van der Waals surface area contributed by atoms with Gasteiger partial charge in [-0.1, -0.05) is 6.42 Å². The van der Waals surface area contributed by atoms with Gasteiger partial charge in [-0.05, 0) is 30.9 Å². The van der Waals surface area contributed by atoms with Crippen molar-refractivity contribution < 1.29 is 9.21 Å². The SMILES string of the molecule is Cl.Cn1c(=O)oc2cc(NC(=O)C[C@@H]3CCC[C@H]3N)ccc21. The highest BCUT2D eigenvalue weighted by molar-refractivity contribution is 5.92. The molecule has 2 atom stereocenters. The predicted octanol–water partition coefficient (Wildman–Crippen LogP) is 2.01.